The van der Waals surface area contributed by atoms with Crippen molar-refractivity contribution in [3.8, 4) is 0 Å². The van der Waals surface area contributed by atoms with Crippen molar-refractivity contribution < 1.29 is 4.79 Å². The fourth-order valence-corrected chi connectivity index (χ4v) is 5.52. The van der Waals surface area contributed by atoms with Crippen LogP contribution in [0.2, 0.25) is 5.02 Å². The maximum Gasteiger partial charge on any atom is 0.230 e. The normalized spacial score (nSPS) is 14.4. The first-order chi connectivity index (χ1) is 12.6. The lowest BCUT2D eigenvalue weighted by Crippen LogP contribution is -2.28. The Balaban J connectivity index is 1.43. The van der Waals surface area contributed by atoms with Crippen LogP contribution in [0.15, 0.2) is 35.6 Å². The molecule has 1 amide bonds. The zero-order chi connectivity index (χ0) is 18.1. The molecule has 0 radical (unpaired) electrons. The molecule has 0 aliphatic heterocycles. The highest BCUT2D eigenvalue weighted by atomic mass is 35.5. The van der Waals surface area contributed by atoms with Crippen LogP contribution >= 0.6 is 34.7 Å². The molecule has 0 fully saturated rings. The van der Waals surface area contributed by atoms with Crippen molar-refractivity contribution in [1.29, 1.82) is 0 Å². The number of carbonyl (C=O) groups excluding carboxylic acids is 1. The maximum atomic E-state index is 12.4. The van der Waals surface area contributed by atoms with E-state index in [-0.39, 0.29) is 11.9 Å². The van der Waals surface area contributed by atoms with Gasteiger partial charge in [0.15, 0.2) is 0 Å². The third-order valence-corrected chi connectivity index (χ3v) is 7.00. The van der Waals surface area contributed by atoms with E-state index in [0.717, 1.165) is 33.6 Å². The monoisotopic (exact) mass is 403 g/mol. The Morgan fingerprint density at radius 3 is 2.92 bits per heavy atom. The van der Waals surface area contributed by atoms with Gasteiger partial charge in [-0.2, -0.15) is 0 Å². The first-order valence-corrected chi connectivity index (χ1v) is 10.7. The van der Waals surface area contributed by atoms with E-state index in [2.05, 4.69) is 15.3 Å². The van der Waals surface area contributed by atoms with Crippen LogP contribution in [0.25, 0.3) is 10.2 Å². The van der Waals surface area contributed by atoms with Crippen molar-refractivity contribution in [2.75, 3.05) is 5.75 Å². The van der Waals surface area contributed by atoms with Gasteiger partial charge in [-0.15, -0.1) is 11.3 Å². The number of hydrogen-bond donors (Lipinski definition) is 1. The van der Waals surface area contributed by atoms with Crippen LogP contribution in [-0.2, 0) is 17.6 Å². The minimum absolute atomic E-state index is 0.00362. The summed E-state index contributed by atoms with van der Waals surface area (Å²) in [6.07, 6.45) is 5.04. The Morgan fingerprint density at radius 2 is 2.12 bits per heavy atom. The molecule has 1 aromatic carbocycles. The Labute approximate surface area is 165 Å². The van der Waals surface area contributed by atoms with Crippen molar-refractivity contribution in [3.63, 3.8) is 0 Å². The average molecular weight is 404 g/mol. The molecule has 1 aliphatic carbocycles. The lowest BCUT2D eigenvalue weighted by molar-refractivity contribution is -0.119. The third kappa shape index (κ3) is 3.59. The van der Waals surface area contributed by atoms with Gasteiger partial charge < -0.3 is 5.32 Å². The van der Waals surface area contributed by atoms with Gasteiger partial charge in [0.1, 0.15) is 16.2 Å². The van der Waals surface area contributed by atoms with E-state index in [1.165, 1.54) is 28.6 Å². The summed E-state index contributed by atoms with van der Waals surface area (Å²) >= 11 is 9.18. The van der Waals surface area contributed by atoms with Gasteiger partial charge in [-0.25, -0.2) is 9.97 Å². The second-order valence-electron chi connectivity index (χ2n) is 6.35. The number of benzene rings is 1. The lowest BCUT2D eigenvalue weighted by Gasteiger charge is -2.14. The van der Waals surface area contributed by atoms with E-state index in [0.29, 0.717) is 10.8 Å². The highest BCUT2D eigenvalue weighted by Gasteiger charge is 2.21. The van der Waals surface area contributed by atoms with Crippen LogP contribution in [0.1, 0.15) is 35.4 Å². The average Bonchev–Trinajstić information content (AvgIpc) is 3.21. The second kappa shape index (κ2) is 7.55. The van der Waals surface area contributed by atoms with E-state index in [4.69, 9.17) is 11.6 Å². The van der Waals surface area contributed by atoms with Crippen LogP contribution in [0.4, 0.5) is 0 Å². The van der Waals surface area contributed by atoms with E-state index < -0.39 is 0 Å². The number of nitrogens with one attached hydrogen (secondary N) is 1. The number of thiophene rings is 1. The van der Waals surface area contributed by atoms with Crippen LogP contribution in [-0.4, -0.2) is 21.6 Å². The Bertz CT molecular complexity index is 955. The molecule has 4 nitrogen and oxygen atoms in total. The van der Waals surface area contributed by atoms with E-state index in [1.807, 2.05) is 31.2 Å². The van der Waals surface area contributed by atoms with E-state index in [9.17, 15) is 4.79 Å². The minimum atomic E-state index is -0.0591. The number of aryl methyl sites for hydroxylation is 2. The van der Waals surface area contributed by atoms with E-state index >= 15 is 0 Å². The molecular formula is C19H18ClN3OS2. The highest BCUT2D eigenvalue weighted by molar-refractivity contribution is 8.00. The number of thioether (sulfide) groups is 1. The zero-order valence-corrected chi connectivity index (χ0v) is 16.7. The number of nitrogens with zero attached hydrogens (tertiary/aromatic N) is 2. The lowest BCUT2D eigenvalue weighted by atomic mass is 10.1. The van der Waals surface area contributed by atoms with Crippen LogP contribution in [0.3, 0.4) is 0 Å². The second-order valence-corrected chi connectivity index (χ2v) is 8.83. The fraction of sp³-hybridized carbons (Fsp3) is 0.316. The Kier molecular flexibility index (Phi) is 5.16. The topological polar surface area (TPSA) is 54.9 Å². The number of aromatic nitrogens is 2. The number of amides is 1. The Morgan fingerprint density at radius 1 is 1.31 bits per heavy atom. The summed E-state index contributed by atoms with van der Waals surface area (Å²) in [5.74, 6) is 0.338. The third-order valence-electron chi connectivity index (χ3n) is 4.55. The molecule has 0 unspecified atom stereocenters. The number of rotatable bonds is 5. The van der Waals surface area contributed by atoms with Crippen molar-refractivity contribution in [2.45, 2.75) is 37.3 Å². The smallest absolute Gasteiger partial charge is 0.230 e. The molecule has 3 aromatic rings. The first-order valence-electron chi connectivity index (χ1n) is 8.54. The molecule has 4 rings (SSSR count). The molecule has 1 aliphatic rings. The molecule has 0 bridgehead atoms. The quantitative estimate of drug-likeness (QED) is 0.491. The SMILES string of the molecule is C[C@H](NC(=O)CSc1ncnc2sc3c(c12)CCC3)c1ccc(Cl)cc1. The summed E-state index contributed by atoms with van der Waals surface area (Å²) in [4.78, 5) is 23.7. The van der Waals surface area contributed by atoms with Gasteiger partial charge in [0.05, 0.1) is 11.8 Å². The Hall–Kier alpha value is -1.63. The molecule has 2 heterocycles. The van der Waals surface area contributed by atoms with E-state index in [1.54, 1.807) is 17.7 Å². The van der Waals surface area contributed by atoms with Gasteiger partial charge in [-0.05, 0) is 49.4 Å². The molecule has 0 saturated heterocycles. The summed E-state index contributed by atoms with van der Waals surface area (Å²) in [6.45, 7) is 1.97. The zero-order valence-electron chi connectivity index (χ0n) is 14.3. The maximum absolute atomic E-state index is 12.4. The van der Waals surface area contributed by atoms with Gasteiger partial charge in [0.2, 0.25) is 5.91 Å². The van der Waals surface area contributed by atoms with Gasteiger partial charge >= 0.3 is 0 Å². The fourth-order valence-electron chi connectivity index (χ4n) is 3.26. The molecule has 0 saturated carbocycles. The summed E-state index contributed by atoms with van der Waals surface area (Å²) < 4.78 is 0. The predicted molar refractivity (Wildman–Crippen MR) is 108 cm³/mol. The van der Waals surface area contributed by atoms with Crippen molar-refractivity contribution in [2.24, 2.45) is 0 Å². The molecule has 1 N–H and O–H groups in total. The van der Waals surface area contributed by atoms with Gasteiger partial charge in [0.25, 0.3) is 0 Å². The van der Waals surface area contributed by atoms with Crippen molar-refractivity contribution >= 4 is 50.8 Å². The van der Waals surface area contributed by atoms with Gasteiger partial charge in [0, 0.05) is 15.3 Å². The highest BCUT2D eigenvalue weighted by Crippen LogP contribution is 2.39. The first kappa shape index (κ1) is 17.8. The van der Waals surface area contributed by atoms with Gasteiger partial charge in [-0.3, -0.25) is 4.79 Å². The van der Waals surface area contributed by atoms with Crippen molar-refractivity contribution in [1.82, 2.24) is 15.3 Å². The molecule has 134 valence electrons. The standard InChI is InChI=1S/C19H18ClN3OS2/c1-11(12-5-7-13(20)8-6-12)23-16(24)9-25-18-17-14-3-2-4-15(14)26-19(17)22-10-21-18/h5-8,10-11H,2-4,9H2,1H3,(H,23,24)/t11-/m0/s1. The minimum Gasteiger partial charge on any atom is -0.349 e. The summed E-state index contributed by atoms with van der Waals surface area (Å²) in [7, 11) is 0. The molecule has 1 atom stereocenters. The predicted octanol–water partition coefficient (Wildman–Crippen LogP) is 4.80. The number of hydrogen-bond acceptors (Lipinski definition) is 5. The largest absolute Gasteiger partial charge is 0.349 e. The summed E-state index contributed by atoms with van der Waals surface area (Å²) in [6, 6.07) is 7.48. The molecule has 0 spiro atoms. The van der Waals surface area contributed by atoms with Crippen LogP contribution < -0.4 is 5.32 Å². The van der Waals surface area contributed by atoms with Gasteiger partial charge in [-0.1, -0.05) is 35.5 Å². The van der Waals surface area contributed by atoms with Crippen LogP contribution in [0, 0.1) is 0 Å². The number of halogens is 1. The summed E-state index contributed by atoms with van der Waals surface area (Å²) in [5, 5.41) is 5.81. The molecule has 26 heavy (non-hydrogen) atoms. The van der Waals surface area contributed by atoms with Crippen molar-refractivity contribution in [3.05, 3.63) is 51.6 Å². The number of carbonyl (C=O) groups is 1. The molecule has 7 heteroatoms. The van der Waals surface area contributed by atoms with Crippen LogP contribution in [0.5, 0.6) is 0 Å². The molecule has 2 aromatic heterocycles. The molecular weight excluding hydrogens is 386 g/mol. The summed E-state index contributed by atoms with van der Waals surface area (Å²) in [5.41, 5.74) is 2.43. The number of fused-ring (bicyclic) bond motifs is 3.